The lowest BCUT2D eigenvalue weighted by Gasteiger charge is -2.10. The van der Waals surface area contributed by atoms with E-state index in [0.29, 0.717) is 0 Å². The Morgan fingerprint density at radius 2 is 2.00 bits per heavy atom. The second kappa shape index (κ2) is 6.23. The number of rotatable bonds is 3. The number of aliphatic hydroxyl groups excluding tert-OH is 1. The molecule has 0 spiro atoms. The van der Waals surface area contributed by atoms with Crippen molar-refractivity contribution < 1.29 is 13.9 Å². The summed E-state index contributed by atoms with van der Waals surface area (Å²) >= 11 is 5.47. The van der Waals surface area contributed by atoms with Gasteiger partial charge in [0.2, 0.25) is 0 Å². The van der Waals surface area contributed by atoms with Crippen molar-refractivity contribution in [3.05, 3.63) is 34.4 Å². The molecule has 0 aliphatic carbocycles. The Balaban J connectivity index is 0.00000196. The number of hydrogen-bond donors (Lipinski definition) is 2. The summed E-state index contributed by atoms with van der Waals surface area (Å²) in [5.41, 5.74) is 5.18. The van der Waals surface area contributed by atoms with E-state index in [4.69, 9.17) is 22.4 Å². The number of benzene rings is 1. The van der Waals surface area contributed by atoms with Gasteiger partial charge in [-0.1, -0.05) is 11.6 Å². The normalized spacial score (nSPS) is 12.1. The van der Waals surface area contributed by atoms with Crippen molar-refractivity contribution in [2.24, 2.45) is 5.73 Å². The van der Waals surface area contributed by atoms with E-state index >= 15 is 0 Å². The molecule has 0 fully saturated rings. The molecule has 0 bridgehead atoms. The predicted molar refractivity (Wildman–Crippen MR) is 57.4 cm³/mol. The van der Waals surface area contributed by atoms with Crippen LogP contribution >= 0.6 is 24.0 Å². The molecule has 0 heterocycles. The standard InChI is InChI=1S/C9H10ClF2NO.ClH/c10-7-1-2-8(11)6(9(7)12)3-5(13)4-14;/h1-2,5,14H,3-4,13H2;1H. The Labute approximate surface area is 97.4 Å². The Kier molecular flexibility index (Phi) is 6.05. The molecule has 0 saturated heterocycles. The highest BCUT2D eigenvalue weighted by Gasteiger charge is 2.15. The van der Waals surface area contributed by atoms with Crippen LogP contribution in [0.2, 0.25) is 5.02 Å². The van der Waals surface area contributed by atoms with Crippen molar-refractivity contribution in [3.8, 4) is 0 Å². The molecule has 0 aliphatic rings. The van der Waals surface area contributed by atoms with Crippen LogP contribution in [-0.4, -0.2) is 17.8 Å². The Morgan fingerprint density at radius 3 is 2.53 bits per heavy atom. The van der Waals surface area contributed by atoms with Crippen molar-refractivity contribution in [1.29, 1.82) is 0 Å². The zero-order chi connectivity index (χ0) is 10.7. The maximum atomic E-state index is 13.3. The van der Waals surface area contributed by atoms with Crippen LogP contribution in [-0.2, 0) is 6.42 Å². The molecule has 15 heavy (non-hydrogen) atoms. The molecule has 1 atom stereocenters. The van der Waals surface area contributed by atoms with Crippen LogP contribution in [0.1, 0.15) is 5.56 Å². The minimum atomic E-state index is -0.810. The number of aliphatic hydroxyl groups is 1. The number of nitrogens with two attached hydrogens (primary N) is 1. The molecule has 0 aromatic heterocycles. The number of hydrogen-bond acceptors (Lipinski definition) is 2. The predicted octanol–water partition coefficient (Wildman–Crippen LogP) is 1.90. The Hall–Kier alpha value is -0.420. The summed E-state index contributed by atoms with van der Waals surface area (Å²) in [5.74, 6) is -1.51. The smallest absolute Gasteiger partial charge is 0.147 e. The van der Waals surface area contributed by atoms with E-state index in [0.717, 1.165) is 12.1 Å². The molecule has 6 heteroatoms. The number of halogens is 4. The third-order valence-electron chi connectivity index (χ3n) is 1.84. The fraction of sp³-hybridized carbons (Fsp3) is 0.333. The average Bonchev–Trinajstić information content (AvgIpc) is 2.18. The van der Waals surface area contributed by atoms with Gasteiger partial charge in [-0.3, -0.25) is 0 Å². The Morgan fingerprint density at radius 1 is 1.40 bits per heavy atom. The van der Waals surface area contributed by atoms with Gasteiger partial charge in [0.1, 0.15) is 11.6 Å². The summed E-state index contributed by atoms with van der Waals surface area (Å²) in [6.07, 6.45) is -0.0747. The molecule has 1 aromatic rings. The molecule has 1 unspecified atom stereocenters. The van der Waals surface area contributed by atoms with Crippen LogP contribution in [0.5, 0.6) is 0 Å². The molecule has 1 aromatic carbocycles. The van der Waals surface area contributed by atoms with Crippen LogP contribution in [0.15, 0.2) is 12.1 Å². The van der Waals surface area contributed by atoms with E-state index in [1.54, 1.807) is 0 Å². The van der Waals surface area contributed by atoms with E-state index in [-0.39, 0.29) is 36.0 Å². The molecule has 0 saturated carbocycles. The maximum absolute atomic E-state index is 13.3. The summed E-state index contributed by atoms with van der Waals surface area (Å²) in [6.45, 7) is -0.328. The largest absolute Gasteiger partial charge is 0.395 e. The van der Waals surface area contributed by atoms with Crippen LogP contribution in [0.25, 0.3) is 0 Å². The van der Waals surface area contributed by atoms with Crippen molar-refractivity contribution in [2.75, 3.05) is 6.61 Å². The third kappa shape index (κ3) is 3.57. The van der Waals surface area contributed by atoms with Gasteiger partial charge in [-0.05, 0) is 18.6 Å². The highest BCUT2D eigenvalue weighted by Crippen LogP contribution is 2.21. The zero-order valence-electron chi connectivity index (χ0n) is 7.71. The van der Waals surface area contributed by atoms with Gasteiger partial charge in [-0.15, -0.1) is 12.4 Å². The van der Waals surface area contributed by atoms with Crippen molar-refractivity contribution in [1.82, 2.24) is 0 Å². The second-order valence-electron chi connectivity index (χ2n) is 2.97. The van der Waals surface area contributed by atoms with Gasteiger partial charge in [0.05, 0.1) is 11.6 Å². The maximum Gasteiger partial charge on any atom is 0.147 e. The lowest BCUT2D eigenvalue weighted by molar-refractivity contribution is 0.263. The topological polar surface area (TPSA) is 46.2 Å². The highest BCUT2D eigenvalue weighted by molar-refractivity contribution is 6.30. The molecule has 86 valence electrons. The summed E-state index contributed by atoms with van der Waals surface area (Å²) in [4.78, 5) is 0. The van der Waals surface area contributed by atoms with Gasteiger partial charge in [0.25, 0.3) is 0 Å². The molecule has 0 radical (unpaired) electrons. The van der Waals surface area contributed by atoms with Gasteiger partial charge in [0.15, 0.2) is 0 Å². The van der Waals surface area contributed by atoms with Crippen molar-refractivity contribution in [2.45, 2.75) is 12.5 Å². The summed E-state index contributed by atoms with van der Waals surface area (Å²) in [5, 5.41) is 8.50. The molecule has 2 nitrogen and oxygen atoms in total. The first-order valence-electron chi connectivity index (χ1n) is 4.05. The molecule has 0 amide bonds. The lowest BCUT2D eigenvalue weighted by atomic mass is 10.1. The highest BCUT2D eigenvalue weighted by atomic mass is 35.5. The van der Waals surface area contributed by atoms with E-state index in [1.807, 2.05) is 0 Å². The first-order chi connectivity index (χ1) is 6.56. The molecule has 3 N–H and O–H groups in total. The van der Waals surface area contributed by atoms with Gasteiger partial charge < -0.3 is 10.8 Å². The fourth-order valence-electron chi connectivity index (χ4n) is 1.08. The average molecular weight is 258 g/mol. The molecular formula is C9H11Cl2F2NO. The zero-order valence-corrected chi connectivity index (χ0v) is 9.29. The van der Waals surface area contributed by atoms with Crippen LogP contribution < -0.4 is 5.73 Å². The first kappa shape index (κ1) is 14.6. The van der Waals surface area contributed by atoms with E-state index < -0.39 is 17.7 Å². The molecule has 1 rings (SSSR count). The van der Waals surface area contributed by atoms with E-state index in [2.05, 4.69) is 0 Å². The summed E-state index contributed by atoms with van der Waals surface area (Å²) in [7, 11) is 0. The lowest BCUT2D eigenvalue weighted by Crippen LogP contribution is -2.27. The van der Waals surface area contributed by atoms with E-state index in [1.165, 1.54) is 0 Å². The monoisotopic (exact) mass is 257 g/mol. The first-order valence-corrected chi connectivity index (χ1v) is 4.43. The van der Waals surface area contributed by atoms with Crippen LogP contribution in [0.4, 0.5) is 8.78 Å². The fourth-order valence-corrected chi connectivity index (χ4v) is 1.26. The van der Waals surface area contributed by atoms with Crippen LogP contribution in [0, 0.1) is 11.6 Å². The van der Waals surface area contributed by atoms with Crippen LogP contribution in [0.3, 0.4) is 0 Å². The quantitative estimate of drug-likeness (QED) is 0.813. The SMILES string of the molecule is Cl.NC(CO)Cc1c(F)ccc(Cl)c1F. The van der Waals surface area contributed by atoms with Gasteiger partial charge in [-0.2, -0.15) is 0 Å². The van der Waals surface area contributed by atoms with Gasteiger partial charge in [0, 0.05) is 11.6 Å². The molecule has 0 aliphatic heterocycles. The second-order valence-corrected chi connectivity index (χ2v) is 3.38. The van der Waals surface area contributed by atoms with Crippen molar-refractivity contribution >= 4 is 24.0 Å². The molecular weight excluding hydrogens is 247 g/mol. The van der Waals surface area contributed by atoms with Crippen molar-refractivity contribution in [3.63, 3.8) is 0 Å². The minimum absolute atomic E-state index is 0. The van der Waals surface area contributed by atoms with Gasteiger partial charge in [-0.25, -0.2) is 8.78 Å². The third-order valence-corrected chi connectivity index (χ3v) is 2.13. The summed E-state index contributed by atoms with van der Waals surface area (Å²) < 4.78 is 26.3. The Bertz CT molecular complexity index is 336. The minimum Gasteiger partial charge on any atom is -0.395 e. The van der Waals surface area contributed by atoms with E-state index in [9.17, 15) is 8.78 Å². The summed E-state index contributed by atoms with van der Waals surface area (Å²) in [6, 6.07) is 1.53. The van der Waals surface area contributed by atoms with Gasteiger partial charge >= 0.3 is 0 Å².